The summed E-state index contributed by atoms with van der Waals surface area (Å²) in [5.41, 5.74) is 1.25. The standard InChI is InChI=1S/C11H15NOS/c1-2-4-10(5-3-1)8-13-9-11-6-7-14-12-11/h1-5,11-12H,6-9H2/t11-/m1/s1. The van der Waals surface area contributed by atoms with Crippen LogP contribution < -0.4 is 4.72 Å². The van der Waals surface area contributed by atoms with Gasteiger partial charge in [-0.1, -0.05) is 42.3 Å². The minimum atomic E-state index is 0.545. The van der Waals surface area contributed by atoms with E-state index >= 15 is 0 Å². The second-order valence-electron chi connectivity index (χ2n) is 3.45. The first-order chi connectivity index (χ1) is 6.95. The normalized spacial score (nSPS) is 21.3. The van der Waals surface area contributed by atoms with Crippen molar-refractivity contribution in [2.24, 2.45) is 0 Å². The third-order valence-corrected chi connectivity index (χ3v) is 3.19. The summed E-state index contributed by atoms with van der Waals surface area (Å²) in [6, 6.07) is 10.8. The molecule has 3 heteroatoms. The molecule has 1 aliphatic rings. The van der Waals surface area contributed by atoms with Crippen molar-refractivity contribution >= 4 is 11.9 Å². The van der Waals surface area contributed by atoms with Crippen molar-refractivity contribution in [1.82, 2.24) is 4.72 Å². The Kier molecular flexibility index (Phi) is 3.86. The quantitative estimate of drug-likeness (QED) is 0.768. The first kappa shape index (κ1) is 10.0. The highest BCUT2D eigenvalue weighted by Crippen LogP contribution is 2.13. The summed E-state index contributed by atoms with van der Waals surface area (Å²) in [7, 11) is 0. The van der Waals surface area contributed by atoms with Crippen LogP contribution in [0.5, 0.6) is 0 Å². The van der Waals surface area contributed by atoms with Crippen molar-refractivity contribution in [3.05, 3.63) is 35.9 Å². The van der Waals surface area contributed by atoms with E-state index in [0.29, 0.717) is 6.04 Å². The molecule has 0 amide bonds. The van der Waals surface area contributed by atoms with E-state index in [1.54, 1.807) is 11.9 Å². The van der Waals surface area contributed by atoms with Crippen LogP contribution in [-0.4, -0.2) is 18.4 Å². The number of benzene rings is 1. The van der Waals surface area contributed by atoms with Crippen LogP contribution >= 0.6 is 11.9 Å². The molecule has 1 heterocycles. The Balaban J connectivity index is 1.67. The molecule has 0 radical (unpaired) electrons. The van der Waals surface area contributed by atoms with E-state index in [2.05, 4.69) is 16.9 Å². The molecule has 2 rings (SSSR count). The number of nitrogens with one attached hydrogen (secondary N) is 1. The van der Waals surface area contributed by atoms with Crippen molar-refractivity contribution < 1.29 is 4.74 Å². The molecular formula is C11H15NOS. The fourth-order valence-electron chi connectivity index (χ4n) is 1.45. The van der Waals surface area contributed by atoms with Crippen LogP contribution in [0.3, 0.4) is 0 Å². The molecule has 1 atom stereocenters. The summed E-state index contributed by atoms with van der Waals surface area (Å²) in [5, 5.41) is 0. The Morgan fingerprint density at radius 2 is 2.21 bits per heavy atom. The summed E-state index contributed by atoms with van der Waals surface area (Å²) >= 11 is 1.80. The molecule has 1 fully saturated rings. The van der Waals surface area contributed by atoms with E-state index in [1.165, 1.54) is 17.7 Å². The minimum absolute atomic E-state index is 0.545. The lowest BCUT2D eigenvalue weighted by atomic mass is 10.2. The van der Waals surface area contributed by atoms with Crippen molar-refractivity contribution in [2.45, 2.75) is 19.1 Å². The van der Waals surface area contributed by atoms with Crippen LogP contribution in [0.2, 0.25) is 0 Å². The van der Waals surface area contributed by atoms with E-state index in [-0.39, 0.29) is 0 Å². The largest absolute Gasteiger partial charge is 0.375 e. The van der Waals surface area contributed by atoms with Crippen LogP contribution in [0.1, 0.15) is 12.0 Å². The average molecular weight is 209 g/mol. The first-order valence-electron chi connectivity index (χ1n) is 4.94. The summed E-state index contributed by atoms with van der Waals surface area (Å²) in [5.74, 6) is 1.21. The average Bonchev–Trinajstić information content (AvgIpc) is 2.72. The fraction of sp³-hybridized carbons (Fsp3) is 0.455. The monoisotopic (exact) mass is 209 g/mol. The van der Waals surface area contributed by atoms with Gasteiger partial charge in [0.2, 0.25) is 0 Å². The highest BCUT2D eigenvalue weighted by molar-refractivity contribution is 7.97. The zero-order valence-electron chi connectivity index (χ0n) is 8.11. The summed E-state index contributed by atoms with van der Waals surface area (Å²) < 4.78 is 8.96. The van der Waals surface area contributed by atoms with Gasteiger partial charge in [0.05, 0.1) is 13.2 Å². The lowest BCUT2D eigenvalue weighted by Crippen LogP contribution is -2.23. The number of hydrogen-bond donors (Lipinski definition) is 1. The van der Waals surface area contributed by atoms with Gasteiger partial charge in [0, 0.05) is 11.8 Å². The predicted molar refractivity (Wildman–Crippen MR) is 60.1 cm³/mol. The zero-order valence-corrected chi connectivity index (χ0v) is 8.93. The molecule has 0 aliphatic carbocycles. The molecule has 1 aromatic carbocycles. The van der Waals surface area contributed by atoms with Gasteiger partial charge in [0.15, 0.2) is 0 Å². The van der Waals surface area contributed by atoms with Crippen LogP contribution in [0, 0.1) is 0 Å². The smallest absolute Gasteiger partial charge is 0.0717 e. The minimum Gasteiger partial charge on any atom is -0.375 e. The zero-order chi connectivity index (χ0) is 9.64. The van der Waals surface area contributed by atoms with Crippen molar-refractivity contribution in [3.8, 4) is 0 Å². The first-order valence-corrected chi connectivity index (χ1v) is 5.93. The third kappa shape index (κ3) is 3.01. The Labute approximate surface area is 89.2 Å². The highest BCUT2D eigenvalue weighted by atomic mass is 32.2. The predicted octanol–water partition coefficient (Wildman–Crippen LogP) is 2.21. The molecule has 14 heavy (non-hydrogen) atoms. The maximum absolute atomic E-state index is 5.63. The highest BCUT2D eigenvalue weighted by Gasteiger charge is 2.14. The Morgan fingerprint density at radius 3 is 2.93 bits per heavy atom. The van der Waals surface area contributed by atoms with Crippen molar-refractivity contribution in [2.75, 3.05) is 12.4 Å². The fourth-order valence-corrected chi connectivity index (χ4v) is 2.39. The van der Waals surface area contributed by atoms with E-state index in [0.717, 1.165) is 13.2 Å². The second-order valence-corrected chi connectivity index (χ2v) is 4.39. The van der Waals surface area contributed by atoms with Crippen LogP contribution in [0.25, 0.3) is 0 Å². The molecule has 2 nitrogen and oxygen atoms in total. The number of rotatable bonds is 4. The van der Waals surface area contributed by atoms with Gasteiger partial charge in [-0.05, 0) is 12.0 Å². The van der Waals surface area contributed by atoms with Gasteiger partial charge in [-0.15, -0.1) is 0 Å². The Bertz CT molecular complexity index is 259. The van der Waals surface area contributed by atoms with Gasteiger partial charge in [-0.2, -0.15) is 0 Å². The second kappa shape index (κ2) is 5.39. The van der Waals surface area contributed by atoms with E-state index < -0.39 is 0 Å². The van der Waals surface area contributed by atoms with Gasteiger partial charge in [-0.25, -0.2) is 0 Å². The molecule has 0 aromatic heterocycles. The van der Waals surface area contributed by atoms with Crippen molar-refractivity contribution in [3.63, 3.8) is 0 Å². The maximum atomic E-state index is 5.63. The van der Waals surface area contributed by atoms with Crippen LogP contribution in [0.15, 0.2) is 30.3 Å². The lowest BCUT2D eigenvalue weighted by Gasteiger charge is -2.09. The van der Waals surface area contributed by atoms with Crippen LogP contribution in [0.4, 0.5) is 0 Å². The number of ether oxygens (including phenoxy) is 1. The summed E-state index contributed by atoms with van der Waals surface area (Å²) in [4.78, 5) is 0. The molecule has 0 spiro atoms. The SMILES string of the molecule is c1ccc(COC[C@H]2CCSN2)cc1. The third-order valence-electron chi connectivity index (χ3n) is 2.25. The van der Waals surface area contributed by atoms with Gasteiger partial charge in [0.1, 0.15) is 0 Å². The van der Waals surface area contributed by atoms with Crippen molar-refractivity contribution in [1.29, 1.82) is 0 Å². The van der Waals surface area contributed by atoms with Gasteiger partial charge < -0.3 is 4.74 Å². The molecule has 76 valence electrons. The lowest BCUT2D eigenvalue weighted by molar-refractivity contribution is 0.106. The van der Waals surface area contributed by atoms with E-state index in [1.807, 2.05) is 18.2 Å². The Hall–Kier alpha value is -0.510. The van der Waals surface area contributed by atoms with E-state index in [4.69, 9.17) is 4.74 Å². The molecule has 0 saturated carbocycles. The summed E-state index contributed by atoms with van der Waals surface area (Å²) in [6.07, 6.45) is 1.22. The number of hydrogen-bond acceptors (Lipinski definition) is 3. The molecule has 0 unspecified atom stereocenters. The topological polar surface area (TPSA) is 21.3 Å². The maximum Gasteiger partial charge on any atom is 0.0717 e. The Morgan fingerprint density at radius 1 is 1.36 bits per heavy atom. The molecule has 1 saturated heterocycles. The van der Waals surface area contributed by atoms with E-state index in [9.17, 15) is 0 Å². The molecule has 0 bridgehead atoms. The molecular weight excluding hydrogens is 194 g/mol. The van der Waals surface area contributed by atoms with Gasteiger partial charge >= 0.3 is 0 Å². The molecule has 1 aliphatic heterocycles. The molecule has 1 N–H and O–H groups in total. The van der Waals surface area contributed by atoms with Gasteiger partial charge in [0.25, 0.3) is 0 Å². The summed E-state index contributed by atoms with van der Waals surface area (Å²) in [6.45, 7) is 1.55. The van der Waals surface area contributed by atoms with Crippen LogP contribution in [-0.2, 0) is 11.3 Å². The van der Waals surface area contributed by atoms with Gasteiger partial charge in [-0.3, -0.25) is 4.72 Å². The molecule has 1 aromatic rings.